The lowest BCUT2D eigenvalue weighted by Gasteiger charge is -2.28. The number of carbonyl (C=O) groups is 4. The van der Waals surface area contributed by atoms with E-state index in [9.17, 15) is 24.3 Å². The molecule has 1 aromatic carbocycles. The van der Waals surface area contributed by atoms with Crippen LogP contribution in [0, 0.1) is 0 Å². The molecule has 12 heteroatoms. The average molecular weight is 584 g/mol. The molecule has 1 unspecified atom stereocenters. The van der Waals surface area contributed by atoms with Crippen molar-refractivity contribution in [2.24, 2.45) is 5.73 Å². The summed E-state index contributed by atoms with van der Waals surface area (Å²) in [5.74, 6) is -1.65. The Hall–Kier alpha value is -3.54. The molecule has 0 spiro atoms. The summed E-state index contributed by atoms with van der Waals surface area (Å²) in [6.07, 6.45) is 0.605. The predicted octanol–water partition coefficient (Wildman–Crippen LogP) is 6.15. The number of carbonyl (C=O) groups excluding carboxylic acids is 3. The highest BCUT2D eigenvalue weighted by molar-refractivity contribution is 5.79. The monoisotopic (exact) mass is 583 g/mol. The van der Waals surface area contributed by atoms with E-state index in [4.69, 9.17) is 34.2 Å². The highest BCUT2D eigenvalue weighted by Crippen LogP contribution is 2.31. The molecule has 0 saturated heterocycles. The van der Waals surface area contributed by atoms with Gasteiger partial charge in [-0.3, -0.25) is 4.79 Å². The van der Waals surface area contributed by atoms with Crippen molar-refractivity contribution in [3.8, 4) is 11.5 Å². The lowest BCUT2D eigenvalue weighted by molar-refractivity contribution is -0.145. The minimum atomic E-state index is -1.88. The normalized spacial score (nSPS) is 13.3. The molecule has 0 aliphatic carbocycles. The Kier molecular flexibility index (Phi) is 15.0. The van der Waals surface area contributed by atoms with Gasteiger partial charge in [0, 0.05) is 12.8 Å². The molecule has 1 rings (SSSR count). The van der Waals surface area contributed by atoms with Gasteiger partial charge in [0.2, 0.25) is 0 Å². The fourth-order valence-corrected chi connectivity index (χ4v) is 3.67. The van der Waals surface area contributed by atoms with E-state index in [1.165, 1.54) is 25.1 Å². The second-order valence-corrected chi connectivity index (χ2v) is 10.8. The van der Waals surface area contributed by atoms with Gasteiger partial charge in [-0.1, -0.05) is 45.6 Å². The van der Waals surface area contributed by atoms with E-state index < -0.39 is 41.7 Å². The van der Waals surface area contributed by atoms with Crippen molar-refractivity contribution in [3.05, 3.63) is 23.8 Å². The van der Waals surface area contributed by atoms with Crippen LogP contribution < -0.4 is 15.2 Å². The molecular formula is C29H45NO11. The van der Waals surface area contributed by atoms with E-state index in [-0.39, 0.29) is 37.6 Å². The summed E-state index contributed by atoms with van der Waals surface area (Å²) in [6, 6.07) is 4.14. The maximum absolute atomic E-state index is 12.3. The van der Waals surface area contributed by atoms with Crippen LogP contribution in [0.5, 0.6) is 11.5 Å². The van der Waals surface area contributed by atoms with E-state index in [1.807, 2.05) is 13.8 Å². The third kappa shape index (κ3) is 14.6. The fraction of sp³-hybridized carbons (Fsp3) is 0.655. The molecule has 3 N–H and O–H groups in total. The van der Waals surface area contributed by atoms with E-state index in [2.05, 4.69) is 0 Å². The Morgan fingerprint density at radius 1 is 0.854 bits per heavy atom. The summed E-state index contributed by atoms with van der Waals surface area (Å²) in [4.78, 5) is 48.7. The number of carboxylic acids is 1. The van der Waals surface area contributed by atoms with Crippen LogP contribution in [0.2, 0.25) is 0 Å². The summed E-state index contributed by atoms with van der Waals surface area (Å²) in [7, 11) is 0. The van der Waals surface area contributed by atoms with Gasteiger partial charge in [0.25, 0.3) is 0 Å². The van der Waals surface area contributed by atoms with Gasteiger partial charge < -0.3 is 39.3 Å². The van der Waals surface area contributed by atoms with E-state index in [1.54, 1.807) is 20.8 Å². The molecular weight excluding hydrogens is 538 g/mol. The minimum Gasteiger partial charge on any atom is -0.480 e. The zero-order valence-corrected chi connectivity index (χ0v) is 25.0. The molecule has 2 atom stereocenters. The molecule has 0 heterocycles. The van der Waals surface area contributed by atoms with Gasteiger partial charge in [-0.2, -0.15) is 0 Å². The molecule has 0 aromatic heterocycles. The first-order valence-electron chi connectivity index (χ1n) is 13.9. The fourth-order valence-electron chi connectivity index (χ4n) is 3.67. The van der Waals surface area contributed by atoms with Crippen molar-refractivity contribution in [1.29, 1.82) is 0 Å². The third-order valence-electron chi connectivity index (χ3n) is 5.61. The maximum atomic E-state index is 12.3. The first-order chi connectivity index (χ1) is 19.2. The van der Waals surface area contributed by atoms with Gasteiger partial charge in [-0.25, -0.2) is 14.4 Å². The lowest BCUT2D eigenvalue weighted by atomic mass is 9.86. The molecule has 0 fully saturated rings. The van der Waals surface area contributed by atoms with Gasteiger partial charge in [0.1, 0.15) is 17.2 Å². The number of rotatable bonds is 16. The highest BCUT2D eigenvalue weighted by Gasteiger charge is 2.37. The van der Waals surface area contributed by atoms with E-state index >= 15 is 0 Å². The van der Waals surface area contributed by atoms with Crippen molar-refractivity contribution in [1.82, 2.24) is 0 Å². The van der Waals surface area contributed by atoms with Crippen molar-refractivity contribution in [2.75, 3.05) is 13.2 Å². The van der Waals surface area contributed by atoms with Crippen LogP contribution in [0.25, 0.3) is 0 Å². The zero-order chi connectivity index (χ0) is 31.1. The Balaban J connectivity index is 3.10. The van der Waals surface area contributed by atoms with Crippen molar-refractivity contribution >= 4 is 24.4 Å². The molecule has 0 aliphatic heterocycles. The van der Waals surface area contributed by atoms with Crippen LogP contribution in [-0.4, -0.2) is 60.0 Å². The number of hydrogen-bond acceptors (Lipinski definition) is 11. The smallest absolute Gasteiger partial charge is 0.480 e. The van der Waals surface area contributed by atoms with Gasteiger partial charge in [0.15, 0.2) is 11.5 Å². The molecule has 0 saturated carbocycles. The summed E-state index contributed by atoms with van der Waals surface area (Å²) < 4.78 is 31.0. The number of hydrogen-bond donors (Lipinski definition) is 2. The summed E-state index contributed by atoms with van der Waals surface area (Å²) in [6.45, 7) is 10.8. The number of ether oxygens (including phenoxy) is 6. The maximum Gasteiger partial charge on any atom is 0.513 e. The van der Waals surface area contributed by atoms with Crippen LogP contribution in [0.4, 0.5) is 14.4 Å². The largest absolute Gasteiger partial charge is 0.513 e. The molecule has 0 bridgehead atoms. The average Bonchev–Trinajstić information content (AvgIpc) is 2.84. The molecule has 0 aliphatic rings. The summed E-state index contributed by atoms with van der Waals surface area (Å²) in [5, 5.41) is 9.92. The Morgan fingerprint density at radius 2 is 1.39 bits per heavy atom. The molecule has 41 heavy (non-hydrogen) atoms. The third-order valence-corrected chi connectivity index (χ3v) is 5.61. The Morgan fingerprint density at radius 3 is 1.88 bits per heavy atom. The van der Waals surface area contributed by atoms with Gasteiger partial charge >= 0.3 is 24.4 Å². The number of carboxylic acid groups (broad SMARTS) is 1. The molecule has 1 aromatic rings. The van der Waals surface area contributed by atoms with Crippen molar-refractivity contribution in [3.63, 3.8) is 0 Å². The van der Waals surface area contributed by atoms with Crippen LogP contribution in [-0.2, 0) is 30.2 Å². The molecule has 232 valence electrons. The number of aliphatic carboxylic acids is 1. The highest BCUT2D eigenvalue weighted by atomic mass is 16.7. The van der Waals surface area contributed by atoms with Gasteiger partial charge in [-0.05, 0) is 58.2 Å². The van der Waals surface area contributed by atoms with Gasteiger partial charge in [0.05, 0.1) is 13.2 Å². The number of benzene rings is 1. The topological polar surface area (TPSA) is 170 Å². The standard InChI is InChI=1S/C29H45NO11/c1-7-9-11-15-36-25(33)39-22-14-13-21(17-23(22)40-26(34)37-16-12-10-8-2)19-29(30,24(31)32)18-20(3)38-27(35)41-28(4,5)6/h13-14,17,20H,7-12,15-16,18-19,30H2,1-6H3,(H,31,32)/t20-,29?/m0/s1. The quantitative estimate of drug-likeness (QED) is 0.0985. The second-order valence-electron chi connectivity index (χ2n) is 10.8. The first-order valence-corrected chi connectivity index (χ1v) is 13.9. The SMILES string of the molecule is CCCCCOC(=O)Oc1ccc(CC(N)(C[C@H](C)OC(=O)OC(C)(C)C)C(=O)O)cc1OC(=O)OCCCCC. The molecule has 12 nitrogen and oxygen atoms in total. The zero-order valence-electron chi connectivity index (χ0n) is 25.0. The molecule has 0 amide bonds. The Bertz CT molecular complexity index is 1000. The minimum absolute atomic E-state index is 0.126. The Labute approximate surface area is 241 Å². The van der Waals surface area contributed by atoms with Crippen LogP contribution in [0.3, 0.4) is 0 Å². The van der Waals surface area contributed by atoms with Crippen LogP contribution in [0.15, 0.2) is 18.2 Å². The summed E-state index contributed by atoms with van der Waals surface area (Å²) >= 11 is 0. The van der Waals surface area contributed by atoms with Crippen LogP contribution in [0.1, 0.15) is 92.1 Å². The van der Waals surface area contributed by atoms with Crippen molar-refractivity contribution in [2.45, 2.75) is 110 Å². The lowest BCUT2D eigenvalue weighted by Crippen LogP contribution is -2.52. The van der Waals surface area contributed by atoms with Crippen molar-refractivity contribution < 1.29 is 52.7 Å². The predicted molar refractivity (Wildman–Crippen MR) is 149 cm³/mol. The second kappa shape index (κ2) is 17.3. The molecule has 0 radical (unpaired) electrons. The number of nitrogens with two attached hydrogens (primary N) is 1. The van der Waals surface area contributed by atoms with E-state index in [0.717, 1.165) is 25.7 Å². The first kappa shape index (κ1) is 35.5. The number of unbranched alkanes of at least 4 members (excludes halogenated alkanes) is 4. The summed E-state index contributed by atoms with van der Waals surface area (Å²) in [5.41, 5.74) is 3.93. The van der Waals surface area contributed by atoms with Gasteiger partial charge in [-0.15, -0.1) is 0 Å². The van der Waals surface area contributed by atoms with E-state index in [0.29, 0.717) is 18.4 Å². The van der Waals surface area contributed by atoms with Crippen LogP contribution >= 0.6 is 0 Å².